The first-order chi connectivity index (χ1) is 10.9. The lowest BCUT2D eigenvalue weighted by molar-refractivity contribution is -0.117. The van der Waals surface area contributed by atoms with Gasteiger partial charge in [-0.25, -0.2) is 0 Å². The molecule has 0 spiro atoms. The smallest absolute Gasteiger partial charge is 0.224 e. The highest BCUT2D eigenvalue weighted by atomic mass is 16.5. The second kappa shape index (κ2) is 7.77. The molecule has 0 aliphatic heterocycles. The van der Waals surface area contributed by atoms with Gasteiger partial charge in [0.25, 0.3) is 0 Å². The van der Waals surface area contributed by atoms with Crippen LogP contribution in [-0.4, -0.2) is 29.7 Å². The molecule has 1 aliphatic carbocycles. The summed E-state index contributed by atoms with van der Waals surface area (Å²) in [5, 5.41) is 2.95. The zero-order valence-corrected chi connectivity index (χ0v) is 14.6. The van der Waals surface area contributed by atoms with E-state index in [9.17, 15) is 4.79 Å². The molecule has 5 nitrogen and oxygen atoms in total. The molecule has 1 N–H and O–H groups in total. The first kappa shape index (κ1) is 17.7. The number of anilines is 1. The van der Waals surface area contributed by atoms with Gasteiger partial charge in [-0.1, -0.05) is 6.42 Å². The van der Waals surface area contributed by atoms with Crippen molar-refractivity contribution in [1.82, 2.24) is 4.98 Å². The Kier molecular flexibility index (Phi) is 5.99. The van der Waals surface area contributed by atoms with Gasteiger partial charge in [0.05, 0.1) is 12.3 Å². The summed E-state index contributed by atoms with van der Waals surface area (Å²) in [6.07, 6.45) is 8.39. The second-order valence-corrected chi connectivity index (χ2v) is 7.23. The van der Waals surface area contributed by atoms with Crippen molar-refractivity contribution in [3.8, 4) is 5.75 Å². The zero-order chi connectivity index (χ0) is 16.9. The van der Waals surface area contributed by atoms with E-state index in [1.54, 1.807) is 25.6 Å². The maximum absolute atomic E-state index is 12.4. The van der Waals surface area contributed by atoms with Crippen molar-refractivity contribution in [3.63, 3.8) is 0 Å². The summed E-state index contributed by atoms with van der Waals surface area (Å²) in [4.78, 5) is 16.4. The summed E-state index contributed by atoms with van der Waals surface area (Å²) in [7, 11) is 1.75. The predicted octanol–water partition coefficient (Wildman–Crippen LogP) is 3.79. The summed E-state index contributed by atoms with van der Waals surface area (Å²) < 4.78 is 11.3. The zero-order valence-electron chi connectivity index (χ0n) is 14.6. The number of methoxy groups -OCH3 is 1. The molecular weight excluding hydrogens is 292 g/mol. The Morgan fingerprint density at radius 3 is 2.87 bits per heavy atom. The summed E-state index contributed by atoms with van der Waals surface area (Å²) in [5.74, 6) is 1.05. The van der Waals surface area contributed by atoms with Gasteiger partial charge in [0.1, 0.15) is 17.0 Å². The van der Waals surface area contributed by atoms with Gasteiger partial charge in [-0.3, -0.25) is 9.78 Å². The standard InChI is InChI=1S/C18H28N2O3/c1-18(2,3)23-16-8-9-19-12-15(16)20-17(21)11-13-6-5-7-14(10-13)22-4/h8-9,12-14H,5-7,10-11H2,1-4H3,(H,20,21)/t13-,14-/m0/s1. The molecule has 1 amide bonds. The number of ether oxygens (including phenoxy) is 2. The van der Waals surface area contributed by atoms with Crippen molar-refractivity contribution in [2.45, 2.75) is 64.6 Å². The van der Waals surface area contributed by atoms with Crippen LogP contribution in [0.2, 0.25) is 0 Å². The van der Waals surface area contributed by atoms with Crippen LogP contribution in [0.25, 0.3) is 0 Å². The summed E-state index contributed by atoms with van der Waals surface area (Å²) >= 11 is 0. The van der Waals surface area contributed by atoms with Crippen LogP contribution in [0.3, 0.4) is 0 Å². The Bertz CT molecular complexity index is 525. The van der Waals surface area contributed by atoms with E-state index in [1.807, 2.05) is 20.8 Å². The van der Waals surface area contributed by atoms with E-state index in [4.69, 9.17) is 9.47 Å². The van der Waals surface area contributed by atoms with Gasteiger partial charge >= 0.3 is 0 Å². The minimum Gasteiger partial charge on any atom is -0.486 e. The molecule has 2 rings (SSSR count). The van der Waals surface area contributed by atoms with Gasteiger partial charge in [-0.2, -0.15) is 0 Å². The third kappa shape index (κ3) is 5.82. The van der Waals surface area contributed by atoms with E-state index in [0.29, 0.717) is 29.9 Å². The molecule has 1 aliphatic rings. The Hall–Kier alpha value is -1.62. The molecule has 2 atom stereocenters. The van der Waals surface area contributed by atoms with E-state index >= 15 is 0 Å². The van der Waals surface area contributed by atoms with Crippen LogP contribution >= 0.6 is 0 Å². The first-order valence-electron chi connectivity index (χ1n) is 8.33. The van der Waals surface area contributed by atoms with Gasteiger partial charge in [-0.15, -0.1) is 0 Å². The van der Waals surface area contributed by atoms with Gasteiger partial charge in [0.2, 0.25) is 5.91 Å². The summed E-state index contributed by atoms with van der Waals surface area (Å²) in [6, 6.07) is 1.78. The van der Waals surface area contributed by atoms with Crippen LogP contribution in [0.4, 0.5) is 5.69 Å². The van der Waals surface area contributed by atoms with Gasteiger partial charge in [0, 0.05) is 25.8 Å². The molecule has 0 saturated heterocycles. The molecule has 128 valence electrons. The lowest BCUT2D eigenvalue weighted by Crippen LogP contribution is -2.26. The topological polar surface area (TPSA) is 60.5 Å². The molecule has 1 fully saturated rings. The van der Waals surface area contributed by atoms with E-state index < -0.39 is 0 Å². The van der Waals surface area contributed by atoms with Crippen molar-refractivity contribution in [3.05, 3.63) is 18.5 Å². The number of aromatic nitrogens is 1. The van der Waals surface area contributed by atoms with Crippen molar-refractivity contribution < 1.29 is 14.3 Å². The van der Waals surface area contributed by atoms with E-state index in [2.05, 4.69) is 10.3 Å². The van der Waals surface area contributed by atoms with Gasteiger partial charge < -0.3 is 14.8 Å². The minimum absolute atomic E-state index is 0.0125. The number of hydrogen-bond donors (Lipinski definition) is 1. The number of hydrogen-bond acceptors (Lipinski definition) is 4. The molecule has 0 bridgehead atoms. The first-order valence-corrected chi connectivity index (χ1v) is 8.33. The van der Waals surface area contributed by atoms with Crippen LogP contribution in [-0.2, 0) is 9.53 Å². The number of carbonyl (C=O) groups is 1. The average Bonchev–Trinajstić information content (AvgIpc) is 2.48. The van der Waals surface area contributed by atoms with Crippen LogP contribution in [0.5, 0.6) is 5.75 Å². The SMILES string of the molecule is CO[C@H]1CCC[C@H](CC(=O)Nc2cnccc2OC(C)(C)C)C1. The summed E-state index contributed by atoms with van der Waals surface area (Å²) in [6.45, 7) is 5.93. The number of nitrogens with one attached hydrogen (secondary N) is 1. The molecule has 1 saturated carbocycles. The third-order valence-electron chi connectivity index (χ3n) is 4.01. The fraction of sp³-hybridized carbons (Fsp3) is 0.667. The van der Waals surface area contributed by atoms with E-state index in [-0.39, 0.29) is 11.5 Å². The number of carbonyl (C=O) groups excluding carboxylic acids is 1. The fourth-order valence-corrected chi connectivity index (χ4v) is 3.00. The number of rotatable bonds is 5. The van der Waals surface area contributed by atoms with Crippen molar-refractivity contribution in [2.24, 2.45) is 5.92 Å². The van der Waals surface area contributed by atoms with Crippen LogP contribution in [0, 0.1) is 5.92 Å². The van der Waals surface area contributed by atoms with E-state index in [1.165, 1.54) is 0 Å². The van der Waals surface area contributed by atoms with Gasteiger partial charge in [0.15, 0.2) is 0 Å². The Balaban J connectivity index is 1.95. The van der Waals surface area contributed by atoms with Crippen LogP contribution < -0.4 is 10.1 Å². The minimum atomic E-state index is -0.324. The molecule has 0 unspecified atom stereocenters. The highest BCUT2D eigenvalue weighted by molar-refractivity contribution is 5.92. The predicted molar refractivity (Wildman–Crippen MR) is 90.6 cm³/mol. The normalized spacial score (nSPS) is 21.7. The Labute approximate surface area is 138 Å². The molecular formula is C18H28N2O3. The monoisotopic (exact) mass is 320 g/mol. The maximum atomic E-state index is 12.4. The number of pyridine rings is 1. The highest BCUT2D eigenvalue weighted by Crippen LogP contribution is 2.30. The largest absolute Gasteiger partial charge is 0.486 e. The van der Waals surface area contributed by atoms with Crippen molar-refractivity contribution in [2.75, 3.05) is 12.4 Å². The number of amides is 1. The Morgan fingerprint density at radius 1 is 1.39 bits per heavy atom. The molecule has 0 radical (unpaired) electrons. The lowest BCUT2D eigenvalue weighted by Gasteiger charge is -2.28. The Morgan fingerprint density at radius 2 is 2.17 bits per heavy atom. The van der Waals surface area contributed by atoms with Crippen molar-refractivity contribution in [1.29, 1.82) is 0 Å². The van der Waals surface area contributed by atoms with E-state index in [0.717, 1.165) is 25.7 Å². The van der Waals surface area contributed by atoms with Crippen LogP contribution in [0.1, 0.15) is 52.9 Å². The fourth-order valence-electron chi connectivity index (χ4n) is 3.00. The second-order valence-electron chi connectivity index (χ2n) is 7.23. The summed E-state index contributed by atoms with van der Waals surface area (Å²) in [5.41, 5.74) is 0.308. The molecule has 5 heteroatoms. The van der Waals surface area contributed by atoms with Crippen LogP contribution in [0.15, 0.2) is 18.5 Å². The third-order valence-corrected chi connectivity index (χ3v) is 4.01. The lowest BCUT2D eigenvalue weighted by atomic mass is 9.85. The molecule has 1 heterocycles. The molecule has 0 aromatic carbocycles. The average molecular weight is 320 g/mol. The maximum Gasteiger partial charge on any atom is 0.224 e. The molecule has 23 heavy (non-hydrogen) atoms. The molecule has 1 aromatic rings. The van der Waals surface area contributed by atoms with Crippen molar-refractivity contribution >= 4 is 11.6 Å². The number of nitrogens with zero attached hydrogens (tertiary/aromatic N) is 1. The molecule has 1 aromatic heterocycles. The quantitative estimate of drug-likeness (QED) is 0.896. The van der Waals surface area contributed by atoms with Gasteiger partial charge in [-0.05, 0) is 46.0 Å². The highest BCUT2D eigenvalue weighted by Gasteiger charge is 2.24.